The summed E-state index contributed by atoms with van der Waals surface area (Å²) >= 11 is 13.3. The average Bonchev–Trinajstić information content (AvgIpc) is 3.19. The molecule has 2 aromatic rings. The lowest BCUT2D eigenvalue weighted by Crippen LogP contribution is -2.36. The number of benzene rings is 1. The van der Waals surface area contributed by atoms with E-state index in [1.165, 1.54) is 16.2 Å². The molecule has 2 N–H and O–H groups in total. The summed E-state index contributed by atoms with van der Waals surface area (Å²) in [6, 6.07) is 5.12. The van der Waals surface area contributed by atoms with E-state index in [9.17, 15) is 9.59 Å². The van der Waals surface area contributed by atoms with Crippen molar-refractivity contribution in [3.8, 4) is 0 Å². The smallest absolute Gasteiger partial charge is 0.320 e. The Morgan fingerprint density at radius 2 is 2.07 bits per heavy atom. The lowest BCUT2D eigenvalue weighted by molar-refractivity contribution is -0.123. The van der Waals surface area contributed by atoms with Crippen LogP contribution < -0.4 is 5.32 Å². The van der Waals surface area contributed by atoms with Gasteiger partial charge in [-0.25, -0.2) is 4.79 Å². The van der Waals surface area contributed by atoms with Crippen molar-refractivity contribution in [3.05, 3.63) is 38.8 Å². The first kappa shape index (κ1) is 21.9. The Bertz CT molecular complexity index is 863. The molecule has 0 spiro atoms. The van der Waals surface area contributed by atoms with Crippen LogP contribution in [0.25, 0.3) is 0 Å². The fourth-order valence-electron chi connectivity index (χ4n) is 2.39. The molecule has 150 valence electrons. The minimum absolute atomic E-state index is 0.00109. The number of hydrogen-bond donors (Lipinski definition) is 2. The summed E-state index contributed by atoms with van der Waals surface area (Å²) in [5.74, 6) is -0.295. The van der Waals surface area contributed by atoms with Gasteiger partial charge in [0.15, 0.2) is 0 Å². The first-order valence-electron chi connectivity index (χ1n) is 7.98. The van der Waals surface area contributed by atoms with Gasteiger partial charge in [-0.15, -0.1) is 10.2 Å². The van der Waals surface area contributed by atoms with Crippen LogP contribution in [-0.4, -0.2) is 70.2 Å². The maximum Gasteiger partial charge on any atom is 0.320 e. The van der Waals surface area contributed by atoms with E-state index in [0.29, 0.717) is 34.7 Å². The molecule has 0 unspecified atom stereocenters. The number of carboxylic acid groups (broad SMARTS) is 1. The molecule has 2 heterocycles. The highest BCUT2D eigenvalue weighted by Crippen LogP contribution is 2.25. The highest BCUT2D eigenvalue weighted by Gasteiger charge is 2.27. The minimum atomic E-state index is -0.295. The van der Waals surface area contributed by atoms with Gasteiger partial charge in [-0.2, -0.15) is 0 Å². The van der Waals surface area contributed by atoms with Crippen molar-refractivity contribution in [1.82, 2.24) is 20.0 Å². The second-order valence-electron chi connectivity index (χ2n) is 5.69. The van der Waals surface area contributed by atoms with Gasteiger partial charge in [0.1, 0.15) is 11.6 Å². The third-order valence-corrected chi connectivity index (χ3v) is 5.13. The van der Waals surface area contributed by atoms with Crippen molar-refractivity contribution in [2.45, 2.75) is 6.42 Å². The van der Waals surface area contributed by atoms with E-state index in [0.717, 1.165) is 10.6 Å². The molecule has 0 saturated carbocycles. The number of aromatic nitrogens is 2. The Hall–Kier alpha value is -2.43. The lowest BCUT2D eigenvalue weighted by Gasteiger charge is -2.14. The lowest BCUT2D eigenvalue weighted by atomic mass is 10.2. The molecule has 0 atom stereocenters. The van der Waals surface area contributed by atoms with Crippen LogP contribution in [0.2, 0.25) is 10.0 Å². The van der Waals surface area contributed by atoms with E-state index >= 15 is 0 Å². The minimum Gasteiger partial charge on any atom is -0.483 e. The Morgan fingerprint density at radius 1 is 1.36 bits per heavy atom. The zero-order valence-electron chi connectivity index (χ0n) is 14.8. The molecule has 3 amide bonds. The number of halogens is 2. The average molecular weight is 446 g/mol. The number of likely N-dealkylation sites (N-methyl/N-ethyl adjacent to an activating group) is 1. The summed E-state index contributed by atoms with van der Waals surface area (Å²) < 4.78 is 0. The van der Waals surface area contributed by atoms with Gasteiger partial charge in [0.05, 0.1) is 0 Å². The van der Waals surface area contributed by atoms with Crippen LogP contribution in [-0.2, 0) is 16.0 Å². The summed E-state index contributed by atoms with van der Waals surface area (Å²) in [6.45, 7) is 0.914. The zero-order chi connectivity index (χ0) is 20.7. The van der Waals surface area contributed by atoms with Crippen LogP contribution in [0.5, 0.6) is 0 Å². The molecular weight excluding hydrogens is 429 g/mol. The van der Waals surface area contributed by atoms with Gasteiger partial charge in [-0.05, 0) is 17.7 Å². The first-order valence-corrected chi connectivity index (χ1v) is 9.55. The van der Waals surface area contributed by atoms with Crippen LogP contribution in [0.3, 0.4) is 0 Å². The normalized spacial score (nSPS) is 13.2. The third kappa shape index (κ3) is 6.04. The van der Waals surface area contributed by atoms with Gasteiger partial charge in [0.2, 0.25) is 11.0 Å². The van der Waals surface area contributed by atoms with Gasteiger partial charge in [0, 0.05) is 36.6 Å². The maximum absolute atomic E-state index is 12.1. The first-order chi connectivity index (χ1) is 13.3. The summed E-state index contributed by atoms with van der Waals surface area (Å²) in [5, 5.41) is 19.8. The van der Waals surface area contributed by atoms with Crippen molar-refractivity contribution in [2.75, 3.05) is 32.0 Å². The molecule has 0 radical (unpaired) electrons. The van der Waals surface area contributed by atoms with E-state index in [4.69, 9.17) is 33.1 Å². The molecule has 12 heteroatoms. The molecule has 0 aliphatic carbocycles. The molecule has 9 nitrogen and oxygen atoms in total. The van der Waals surface area contributed by atoms with Gasteiger partial charge in [-0.1, -0.05) is 40.6 Å². The Kier molecular flexibility index (Phi) is 7.97. The van der Waals surface area contributed by atoms with E-state index in [2.05, 4.69) is 15.5 Å². The standard InChI is InChI=1S/C15H15Cl2N5O2S.CH2O2/c1-21-4-5-22(15(21)24)8-12(23)18-14-20-19-13(25-14)6-9-2-3-10(16)7-11(9)17;2-1-3/h2-3,7H,4-6,8H2,1H3,(H,18,20,23);1H,(H,2,3). The van der Waals surface area contributed by atoms with Crippen LogP contribution >= 0.6 is 34.5 Å². The van der Waals surface area contributed by atoms with Crippen molar-refractivity contribution in [2.24, 2.45) is 0 Å². The molecule has 1 fully saturated rings. The molecule has 1 aromatic carbocycles. The summed E-state index contributed by atoms with van der Waals surface area (Å²) in [6.07, 6.45) is 0.499. The van der Waals surface area contributed by atoms with E-state index in [-0.39, 0.29) is 25.0 Å². The van der Waals surface area contributed by atoms with Crippen LogP contribution in [0, 0.1) is 0 Å². The Morgan fingerprint density at radius 3 is 2.68 bits per heavy atom. The maximum atomic E-state index is 12.1. The number of amides is 3. The Labute approximate surface area is 174 Å². The highest BCUT2D eigenvalue weighted by molar-refractivity contribution is 7.15. The molecular formula is C16H17Cl2N5O4S. The number of rotatable bonds is 5. The molecule has 28 heavy (non-hydrogen) atoms. The van der Waals surface area contributed by atoms with Gasteiger partial charge >= 0.3 is 6.03 Å². The number of carbonyl (C=O) groups excluding carboxylic acids is 2. The van der Waals surface area contributed by atoms with Gasteiger partial charge in [-0.3, -0.25) is 14.9 Å². The molecule has 1 aromatic heterocycles. The van der Waals surface area contributed by atoms with E-state index in [1.807, 2.05) is 6.07 Å². The van der Waals surface area contributed by atoms with E-state index < -0.39 is 0 Å². The third-order valence-electron chi connectivity index (χ3n) is 3.71. The number of nitrogens with one attached hydrogen (secondary N) is 1. The van der Waals surface area contributed by atoms with Crippen LogP contribution in [0.15, 0.2) is 18.2 Å². The zero-order valence-corrected chi connectivity index (χ0v) is 17.1. The van der Waals surface area contributed by atoms with Crippen molar-refractivity contribution < 1.29 is 19.5 Å². The fourth-order valence-corrected chi connectivity index (χ4v) is 3.64. The fraction of sp³-hybridized carbons (Fsp3) is 0.312. The van der Waals surface area contributed by atoms with Crippen molar-refractivity contribution in [3.63, 3.8) is 0 Å². The number of carbonyl (C=O) groups is 3. The highest BCUT2D eigenvalue weighted by atomic mass is 35.5. The summed E-state index contributed by atoms with van der Waals surface area (Å²) in [5.41, 5.74) is 0.880. The number of anilines is 1. The quantitative estimate of drug-likeness (QED) is 0.682. The number of nitrogens with zero attached hydrogens (tertiary/aromatic N) is 4. The summed E-state index contributed by atoms with van der Waals surface area (Å²) in [4.78, 5) is 35.3. The summed E-state index contributed by atoms with van der Waals surface area (Å²) in [7, 11) is 1.71. The molecule has 0 bridgehead atoms. The number of hydrogen-bond acceptors (Lipinski definition) is 6. The van der Waals surface area contributed by atoms with E-state index in [1.54, 1.807) is 24.1 Å². The SMILES string of the molecule is CN1CCN(CC(=O)Nc2nnc(Cc3ccc(Cl)cc3Cl)s2)C1=O.O=CO. The van der Waals surface area contributed by atoms with Crippen LogP contribution in [0.1, 0.15) is 10.6 Å². The molecule has 1 aliphatic heterocycles. The van der Waals surface area contributed by atoms with Gasteiger partial charge < -0.3 is 14.9 Å². The second kappa shape index (κ2) is 10.2. The predicted octanol–water partition coefficient (Wildman–Crippen LogP) is 2.44. The monoisotopic (exact) mass is 445 g/mol. The van der Waals surface area contributed by atoms with Crippen LogP contribution in [0.4, 0.5) is 9.93 Å². The van der Waals surface area contributed by atoms with Gasteiger partial charge in [0.25, 0.3) is 6.47 Å². The van der Waals surface area contributed by atoms with Crippen molar-refractivity contribution >= 4 is 58.1 Å². The molecule has 1 aliphatic rings. The van der Waals surface area contributed by atoms with Crippen molar-refractivity contribution in [1.29, 1.82) is 0 Å². The second-order valence-corrected chi connectivity index (χ2v) is 7.60. The largest absolute Gasteiger partial charge is 0.483 e. The Balaban J connectivity index is 0.000000878. The predicted molar refractivity (Wildman–Crippen MR) is 106 cm³/mol. The molecule has 3 rings (SSSR count). The topological polar surface area (TPSA) is 116 Å². The number of urea groups is 1. The molecule has 1 saturated heterocycles.